The van der Waals surface area contributed by atoms with Crippen LogP contribution >= 0.6 is 34.8 Å². The molecule has 1 atom stereocenters. The maximum absolute atomic E-state index is 12.1. The summed E-state index contributed by atoms with van der Waals surface area (Å²) in [6, 6.07) is 1.79. The van der Waals surface area contributed by atoms with Crippen molar-refractivity contribution in [1.82, 2.24) is 0 Å². The van der Waals surface area contributed by atoms with Crippen LogP contribution in [0, 0.1) is 5.92 Å². The summed E-state index contributed by atoms with van der Waals surface area (Å²) >= 11 is 17.8. The maximum Gasteiger partial charge on any atom is 0.168 e. The van der Waals surface area contributed by atoms with E-state index in [0.29, 0.717) is 40.1 Å². The Morgan fingerprint density at radius 2 is 2.12 bits per heavy atom. The number of Topliss-reactive ketones (excluding diaryl/α,β-unsaturated/α-hetero) is 1. The molecule has 0 saturated heterocycles. The number of fused-ring (bicyclic) bond motifs is 1. The number of ether oxygens (including phenoxy) is 1. The van der Waals surface area contributed by atoms with Gasteiger partial charge in [0.05, 0.1) is 12.1 Å². The molecule has 17 heavy (non-hydrogen) atoms. The number of benzene rings is 1. The van der Waals surface area contributed by atoms with Crippen molar-refractivity contribution in [3.05, 3.63) is 27.2 Å². The topological polar surface area (TPSA) is 26.3 Å². The third-order valence-electron chi connectivity index (χ3n) is 3.02. The van der Waals surface area contributed by atoms with Crippen LogP contribution in [0.1, 0.15) is 22.3 Å². The number of rotatable bonds is 3. The lowest BCUT2D eigenvalue weighted by Gasteiger charge is -2.08. The summed E-state index contributed by atoms with van der Waals surface area (Å²) in [4.78, 5) is 12.1. The van der Waals surface area contributed by atoms with Gasteiger partial charge in [-0.25, -0.2) is 0 Å². The number of ketones is 1. The average Bonchev–Trinajstić information content (AvgIpc) is 2.62. The maximum atomic E-state index is 12.1. The molecule has 1 aromatic rings. The van der Waals surface area contributed by atoms with E-state index in [9.17, 15) is 4.79 Å². The summed E-state index contributed by atoms with van der Waals surface area (Å²) in [5.41, 5.74) is 1.43. The zero-order valence-electron chi connectivity index (χ0n) is 9.23. The highest BCUT2D eigenvalue weighted by Gasteiger charge is 2.34. The van der Waals surface area contributed by atoms with Gasteiger partial charge in [-0.05, 0) is 24.5 Å². The van der Waals surface area contributed by atoms with Gasteiger partial charge >= 0.3 is 0 Å². The average molecular weight is 294 g/mol. The highest BCUT2D eigenvalue weighted by molar-refractivity contribution is 6.45. The molecule has 5 heteroatoms. The largest absolute Gasteiger partial charge is 0.495 e. The van der Waals surface area contributed by atoms with Crippen molar-refractivity contribution in [3.8, 4) is 5.75 Å². The van der Waals surface area contributed by atoms with E-state index in [1.807, 2.05) is 0 Å². The first-order valence-electron chi connectivity index (χ1n) is 5.25. The summed E-state index contributed by atoms with van der Waals surface area (Å²) in [5, 5.41) is 0.593. The van der Waals surface area contributed by atoms with Gasteiger partial charge in [-0.15, -0.1) is 11.6 Å². The normalized spacial score (nSPS) is 18.4. The van der Waals surface area contributed by atoms with Crippen molar-refractivity contribution in [2.24, 2.45) is 5.92 Å². The van der Waals surface area contributed by atoms with Crippen LogP contribution in [0.5, 0.6) is 5.75 Å². The SMILES string of the molecule is COc1cc2c(c(Cl)c1Cl)C(=O)C(CCCl)C2. The molecule has 0 aliphatic heterocycles. The molecule has 0 amide bonds. The van der Waals surface area contributed by atoms with Crippen molar-refractivity contribution in [2.45, 2.75) is 12.8 Å². The highest BCUT2D eigenvalue weighted by atomic mass is 35.5. The Bertz CT molecular complexity index is 471. The fourth-order valence-electron chi connectivity index (χ4n) is 2.16. The second kappa shape index (κ2) is 5.05. The second-order valence-electron chi connectivity index (χ2n) is 3.98. The van der Waals surface area contributed by atoms with Crippen LogP contribution in [0.2, 0.25) is 10.0 Å². The van der Waals surface area contributed by atoms with E-state index in [2.05, 4.69) is 0 Å². The van der Waals surface area contributed by atoms with E-state index >= 15 is 0 Å². The molecule has 1 unspecified atom stereocenters. The van der Waals surface area contributed by atoms with E-state index < -0.39 is 0 Å². The first-order valence-corrected chi connectivity index (χ1v) is 6.54. The standard InChI is InChI=1S/C12H11Cl3O2/c1-17-8-5-7-4-6(2-3-13)12(16)9(7)11(15)10(8)14/h5-6H,2-4H2,1H3. The van der Waals surface area contributed by atoms with Crippen molar-refractivity contribution in [1.29, 1.82) is 0 Å². The first kappa shape index (κ1) is 13.0. The summed E-state index contributed by atoms with van der Waals surface area (Å²) < 4.78 is 5.13. The van der Waals surface area contributed by atoms with Gasteiger partial charge in [0.25, 0.3) is 0 Å². The van der Waals surface area contributed by atoms with Gasteiger partial charge in [0.15, 0.2) is 5.78 Å². The van der Waals surface area contributed by atoms with Gasteiger partial charge in [0, 0.05) is 17.4 Å². The van der Waals surface area contributed by atoms with Gasteiger partial charge in [-0.3, -0.25) is 4.79 Å². The van der Waals surface area contributed by atoms with Crippen LogP contribution in [0.15, 0.2) is 6.07 Å². The molecule has 2 rings (SSSR count). The van der Waals surface area contributed by atoms with E-state index in [1.165, 1.54) is 7.11 Å². The Balaban J connectivity index is 2.48. The Kier molecular flexibility index (Phi) is 3.86. The molecule has 0 saturated carbocycles. The van der Waals surface area contributed by atoms with Crippen LogP contribution in [0.3, 0.4) is 0 Å². The number of hydrogen-bond acceptors (Lipinski definition) is 2. The number of hydrogen-bond donors (Lipinski definition) is 0. The van der Waals surface area contributed by atoms with Crippen LogP contribution in [-0.2, 0) is 6.42 Å². The number of halogens is 3. The zero-order valence-corrected chi connectivity index (χ0v) is 11.5. The first-order chi connectivity index (χ1) is 8.10. The third-order valence-corrected chi connectivity index (χ3v) is 4.08. The smallest absolute Gasteiger partial charge is 0.168 e. The minimum Gasteiger partial charge on any atom is -0.495 e. The number of carbonyl (C=O) groups excluding carboxylic acids is 1. The van der Waals surface area contributed by atoms with Crippen LogP contribution in [0.25, 0.3) is 0 Å². The quantitative estimate of drug-likeness (QED) is 0.788. The summed E-state index contributed by atoms with van der Waals surface area (Å²) in [6.07, 6.45) is 1.32. The molecule has 0 heterocycles. The van der Waals surface area contributed by atoms with Gasteiger partial charge < -0.3 is 4.74 Å². The zero-order chi connectivity index (χ0) is 12.6. The van der Waals surface area contributed by atoms with Crippen molar-refractivity contribution in [2.75, 3.05) is 13.0 Å². The van der Waals surface area contributed by atoms with Gasteiger partial charge in [0.2, 0.25) is 0 Å². The molecule has 2 nitrogen and oxygen atoms in total. The molecular weight excluding hydrogens is 282 g/mol. The Labute approximate surface area is 115 Å². The molecular formula is C12H11Cl3O2. The van der Waals surface area contributed by atoms with E-state index in [4.69, 9.17) is 39.5 Å². The number of carbonyl (C=O) groups is 1. The third kappa shape index (κ3) is 2.14. The van der Waals surface area contributed by atoms with Crippen LogP contribution in [-0.4, -0.2) is 18.8 Å². The molecule has 0 fully saturated rings. The van der Waals surface area contributed by atoms with Gasteiger partial charge in [-0.2, -0.15) is 0 Å². The lowest BCUT2D eigenvalue weighted by molar-refractivity contribution is 0.0934. The number of methoxy groups -OCH3 is 1. The lowest BCUT2D eigenvalue weighted by Crippen LogP contribution is -2.09. The molecule has 0 N–H and O–H groups in total. The second-order valence-corrected chi connectivity index (χ2v) is 5.12. The van der Waals surface area contributed by atoms with Gasteiger partial charge in [0.1, 0.15) is 10.8 Å². The fourth-order valence-corrected chi connectivity index (χ4v) is 2.95. The predicted octanol–water partition coefficient (Wildman–Crippen LogP) is 3.99. The summed E-state index contributed by atoms with van der Waals surface area (Å²) in [7, 11) is 1.52. The summed E-state index contributed by atoms with van der Waals surface area (Å²) in [6.45, 7) is 0. The number of alkyl halides is 1. The highest BCUT2D eigenvalue weighted by Crippen LogP contribution is 2.42. The minimum absolute atomic E-state index is 0.0372. The van der Waals surface area contributed by atoms with Gasteiger partial charge in [-0.1, -0.05) is 23.2 Å². The van der Waals surface area contributed by atoms with E-state index in [-0.39, 0.29) is 11.7 Å². The van der Waals surface area contributed by atoms with E-state index in [1.54, 1.807) is 6.07 Å². The molecule has 0 aromatic heterocycles. The van der Waals surface area contributed by atoms with Crippen molar-refractivity contribution >= 4 is 40.6 Å². The predicted molar refractivity (Wildman–Crippen MR) is 69.9 cm³/mol. The molecule has 0 radical (unpaired) electrons. The Hall–Kier alpha value is -0.440. The fraction of sp³-hybridized carbons (Fsp3) is 0.417. The summed E-state index contributed by atoms with van der Waals surface area (Å²) in [5.74, 6) is 0.931. The molecule has 1 aliphatic carbocycles. The Morgan fingerprint density at radius 1 is 1.41 bits per heavy atom. The Morgan fingerprint density at radius 3 is 2.71 bits per heavy atom. The van der Waals surface area contributed by atoms with Crippen LogP contribution in [0.4, 0.5) is 0 Å². The minimum atomic E-state index is -0.0804. The molecule has 0 spiro atoms. The monoisotopic (exact) mass is 292 g/mol. The molecule has 1 aromatic carbocycles. The lowest BCUT2D eigenvalue weighted by atomic mass is 10.0. The van der Waals surface area contributed by atoms with Crippen molar-refractivity contribution in [3.63, 3.8) is 0 Å². The van der Waals surface area contributed by atoms with Crippen molar-refractivity contribution < 1.29 is 9.53 Å². The molecule has 0 bridgehead atoms. The molecule has 1 aliphatic rings. The van der Waals surface area contributed by atoms with Crippen LogP contribution < -0.4 is 4.74 Å². The van der Waals surface area contributed by atoms with E-state index in [0.717, 1.165) is 5.56 Å². The molecule has 92 valence electrons.